The number of halogens is 1. The summed E-state index contributed by atoms with van der Waals surface area (Å²) in [6, 6.07) is 2.00. The van der Waals surface area contributed by atoms with E-state index in [1.807, 2.05) is 0 Å². The zero-order valence-corrected chi connectivity index (χ0v) is 10.4. The summed E-state index contributed by atoms with van der Waals surface area (Å²) in [4.78, 5) is 10.5. The lowest BCUT2D eigenvalue weighted by atomic mass is 10.0. The first-order chi connectivity index (χ1) is 6.93. The van der Waals surface area contributed by atoms with Crippen LogP contribution in [0.15, 0.2) is 18.2 Å². The molecule has 0 amide bonds. The minimum atomic E-state index is -1.48. The van der Waals surface area contributed by atoms with Gasteiger partial charge in [-0.1, -0.05) is 6.07 Å². The topological polar surface area (TPSA) is 219 Å². The Morgan fingerprint density at radius 2 is 1.58 bits per heavy atom. The molecule has 0 aliphatic carbocycles. The number of hydrogen-bond acceptors (Lipinski definition) is 5. The predicted octanol–water partition coefficient (Wildman–Crippen LogP) is -2.51. The maximum absolute atomic E-state index is 10.5. The maximum Gasteiger partial charge on any atom is 0.323 e. The summed E-state index contributed by atoms with van der Waals surface area (Å²) in [6.07, 6.45) is -1.44. The lowest BCUT2D eigenvalue weighted by Gasteiger charge is -2.15. The molecular formula is C9H18ClNO8. The van der Waals surface area contributed by atoms with E-state index >= 15 is 0 Å². The number of carboxylic acids is 1. The molecule has 0 bridgehead atoms. The lowest BCUT2D eigenvalue weighted by Crippen LogP contribution is -2.36. The highest BCUT2D eigenvalue weighted by atomic mass is 35.5. The minimum Gasteiger partial charge on any atom is -0.504 e. The Balaban J connectivity index is -0.000000281. The average Bonchev–Trinajstić information content (AvgIpc) is 2.19. The summed E-state index contributed by atoms with van der Waals surface area (Å²) < 4.78 is 0. The molecule has 1 rings (SSSR count). The van der Waals surface area contributed by atoms with E-state index in [2.05, 4.69) is 0 Å². The van der Waals surface area contributed by atoms with Gasteiger partial charge in [-0.2, -0.15) is 0 Å². The molecule has 0 aliphatic heterocycles. The zero-order chi connectivity index (χ0) is 11.6. The van der Waals surface area contributed by atoms with Crippen molar-refractivity contribution in [1.29, 1.82) is 0 Å². The Bertz CT molecular complexity index is 388. The second kappa shape index (κ2) is 10.3. The molecule has 0 fully saturated rings. The van der Waals surface area contributed by atoms with E-state index < -0.39 is 23.9 Å². The molecular weight excluding hydrogens is 286 g/mol. The van der Waals surface area contributed by atoms with Crippen LogP contribution in [0, 0.1) is 0 Å². The van der Waals surface area contributed by atoms with Crippen LogP contribution in [0.4, 0.5) is 0 Å². The molecule has 0 aliphatic rings. The first kappa shape index (κ1) is 26.0. The monoisotopic (exact) mass is 303 g/mol. The van der Waals surface area contributed by atoms with Gasteiger partial charge in [0.1, 0.15) is 12.1 Å². The Morgan fingerprint density at radius 3 is 1.95 bits per heavy atom. The van der Waals surface area contributed by atoms with Gasteiger partial charge in [-0.25, -0.2) is 0 Å². The average molecular weight is 304 g/mol. The molecule has 19 heavy (non-hydrogen) atoms. The number of aliphatic hydroxyl groups excluding tert-OH is 1. The van der Waals surface area contributed by atoms with E-state index in [4.69, 9.17) is 21.1 Å². The molecule has 0 heterocycles. The molecule has 0 saturated heterocycles. The maximum atomic E-state index is 10.5. The number of nitrogens with two attached hydrogens (primary N) is 1. The third-order valence-corrected chi connectivity index (χ3v) is 1.97. The molecule has 10 heteroatoms. The van der Waals surface area contributed by atoms with Gasteiger partial charge in [0.15, 0.2) is 11.5 Å². The number of hydrogen-bond donors (Lipinski definition) is 5. The van der Waals surface area contributed by atoms with Crippen molar-refractivity contribution < 1.29 is 41.6 Å². The third-order valence-electron chi connectivity index (χ3n) is 1.97. The number of phenolic OH excluding ortho intramolecular Hbond substituents is 2. The highest BCUT2D eigenvalue weighted by Crippen LogP contribution is 2.28. The second-order valence-electron chi connectivity index (χ2n) is 3.06. The quantitative estimate of drug-likeness (QED) is 0.379. The van der Waals surface area contributed by atoms with Crippen LogP contribution in [0.2, 0.25) is 0 Å². The fourth-order valence-corrected chi connectivity index (χ4v) is 1.07. The number of carboxylic acid groups (broad SMARTS) is 1. The number of benzene rings is 1. The van der Waals surface area contributed by atoms with Crippen molar-refractivity contribution in [3.8, 4) is 11.5 Å². The van der Waals surface area contributed by atoms with E-state index in [9.17, 15) is 9.90 Å². The van der Waals surface area contributed by atoms with Crippen molar-refractivity contribution in [3.05, 3.63) is 23.8 Å². The Hall–Kier alpha value is -1.62. The standard InChI is InChI=1S/C9H11NO5.ClH.3H2O/c10-7(9(14)15)8(13)4-1-2-5(11)6(12)3-4;;;;/h1-3,7-8,11-13H,10H2,(H,14,15);1H;3*1H2/t7-,8?;;;;/m0..../s1. The first-order valence-corrected chi connectivity index (χ1v) is 4.12. The molecule has 114 valence electrons. The minimum absolute atomic E-state index is 0. The van der Waals surface area contributed by atoms with E-state index in [1.54, 1.807) is 0 Å². The van der Waals surface area contributed by atoms with Gasteiger partial charge in [0.05, 0.1) is 0 Å². The van der Waals surface area contributed by atoms with Crippen molar-refractivity contribution in [2.75, 3.05) is 0 Å². The van der Waals surface area contributed by atoms with Crippen molar-refractivity contribution in [2.24, 2.45) is 5.73 Å². The highest BCUT2D eigenvalue weighted by molar-refractivity contribution is 5.85. The van der Waals surface area contributed by atoms with E-state index in [1.165, 1.54) is 6.07 Å². The Labute approximate surface area is 114 Å². The molecule has 9 nitrogen and oxygen atoms in total. The van der Waals surface area contributed by atoms with Crippen LogP contribution in [0.1, 0.15) is 11.7 Å². The van der Waals surface area contributed by atoms with Gasteiger partial charge in [-0.15, -0.1) is 12.4 Å². The molecule has 0 spiro atoms. The Kier molecular flexibility index (Phi) is 14.1. The van der Waals surface area contributed by atoms with Crippen molar-refractivity contribution in [3.63, 3.8) is 0 Å². The van der Waals surface area contributed by atoms with Crippen LogP contribution >= 0.6 is 12.4 Å². The summed E-state index contributed by atoms with van der Waals surface area (Å²) >= 11 is 0. The number of aromatic hydroxyl groups is 2. The largest absolute Gasteiger partial charge is 0.504 e. The molecule has 1 aromatic carbocycles. The summed E-state index contributed by atoms with van der Waals surface area (Å²) in [6.45, 7) is 0. The van der Waals surface area contributed by atoms with E-state index in [-0.39, 0.29) is 40.1 Å². The van der Waals surface area contributed by atoms with Gasteiger partial charge in [0.2, 0.25) is 0 Å². The fraction of sp³-hybridized carbons (Fsp3) is 0.222. The number of aliphatic carboxylic acids is 1. The van der Waals surface area contributed by atoms with Gasteiger partial charge >= 0.3 is 5.97 Å². The summed E-state index contributed by atoms with van der Waals surface area (Å²) in [5.74, 6) is -2.14. The van der Waals surface area contributed by atoms with Gasteiger partial charge in [0, 0.05) is 0 Å². The second-order valence-corrected chi connectivity index (χ2v) is 3.06. The van der Waals surface area contributed by atoms with Gasteiger partial charge in [-0.3, -0.25) is 4.79 Å². The summed E-state index contributed by atoms with van der Waals surface area (Å²) in [7, 11) is 0. The molecule has 0 radical (unpaired) electrons. The van der Waals surface area contributed by atoms with E-state index in [0.717, 1.165) is 12.1 Å². The number of rotatable bonds is 3. The molecule has 1 aromatic rings. The summed E-state index contributed by atoms with van der Waals surface area (Å²) in [5, 5.41) is 36.1. The number of aliphatic hydroxyl groups is 1. The van der Waals surface area contributed by atoms with Crippen LogP contribution < -0.4 is 5.73 Å². The smallest absolute Gasteiger partial charge is 0.323 e. The number of phenols is 2. The normalized spacial score (nSPS) is 11.5. The molecule has 0 saturated carbocycles. The highest BCUT2D eigenvalue weighted by Gasteiger charge is 2.24. The SMILES string of the molecule is Cl.N[C@H](C(=O)O)C(O)c1ccc(O)c(O)c1.O.O.O. The van der Waals surface area contributed by atoms with Crippen LogP contribution in [0.3, 0.4) is 0 Å². The molecule has 1 unspecified atom stereocenters. The van der Waals surface area contributed by atoms with Crippen molar-refractivity contribution in [1.82, 2.24) is 0 Å². The van der Waals surface area contributed by atoms with Crippen LogP contribution in [-0.4, -0.2) is 48.9 Å². The number of carbonyl (C=O) groups is 1. The van der Waals surface area contributed by atoms with E-state index in [0.29, 0.717) is 0 Å². The Morgan fingerprint density at radius 1 is 1.11 bits per heavy atom. The summed E-state index contributed by atoms with van der Waals surface area (Å²) in [5.41, 5.74) is 5.31. The molecule has 2 atom stereocenters. The molecule has 12 N–H and O–H groups in total. The van der Waals surface area contributed by atoms with Gasteiger partial charge < -0.3 is 42.6 Å². The van der Waals surface area contributed by atoms with Crippen LogP contribution in [-0.2, 0) is 4.79 Å². The van der Waals surface area contributed by atoms with Gasteiger partial charge in [0.25, 0.3) is 0 Å². The predicted molar refractivity (Wildman–Crippen MR) is 68.4 cm³/mol. The van der Waals surface area contributed by atoms with Crippen LogP contribution in [0.25, 0.3) is 0 Å². The van der Waals surface area contributed by atoms with Crippen molar-refractivity contribution >= 4 is 18.4 Å². The lowest BCUT2D eigenvalue weighted by molar-refractivity contribution is -0.141. The fourth-order valence-electron chi connectivity index (χ4n) is 1.07. The van der Waals surface area contributed by atoms with Gasteiger partial charge in [-0.05, 0) is 17.7 Å². The third kappa shape index (κ3) is 6.20. The van der Waals surface area contributed by atoms with Crippen LogP contribution in [0.5, 0.6) is 11.5 Å². The van der Waals surface area contributed by atoms with Crippen molar-refractivity contribution in [2.45, 2.75) is 12.1 Å². The molecule has 0 aromatic heterocycles. The first-order valence-electron chi connectivity index (χ1n) is 4.12. The zero-order valence-electron chi connectivity index (χ0n) is 9.57.